The number of benzene rings is 2. The molecule has 0 atom stereocenters. The van der Waals surface area contributed by atoms with Crippen LogP contribution in [0.5, 0.6) is 0 Å². The molecule has 0 heterocycles. The highest BCUT2D eigenvalue weighted by molar-refractivity contribution is 5.67. The zero-order valence-corrected chi connectivity index (χ0v) is 9.61. The van der Waals surface area contributed by atoms with Crippen molar-refractivity contribution >= 4 is 0 Å². The molecule has 0 bridgehead atoms. The fraction of sp³-hybridized carbons (Fsp3) is 0.200. The summed E-state index contributed by atoms with van der Waals surface area (Å²) in [7, 11) is 0. The molecule has 16 heavy (non-hydrogen) atoms. The van der Waals surface area contributed by atoms with Crippen molar-refractivity contribution in [1.29, 1.82) is 0 Å². The molecule has 0 aliphatic rings. The first kappa shape index (κ1) is 10.9. The van der Waals surface area contributed by atoms with Crippen LogP contribution in [0.3, 0.4) is 0 Å². The van der Waals surface area contributed by atoms with E-state index in [0.717, 1.165) is 13.1 Å². The first-order chi connectivity index (χ1) is 7.92. The molecule has 0 unspecified atom stereocenters. The average Bonchev–Trinajstić information content (AvgIpc) is 2.38. The van der Waals surface area contributed by atoms with Gasteiger partial charge in [0.15, 0.2) is 0 Å². The van der Waals surface area contributed by atoms with Gasteiger partial charge in [-0.2, -0.15) is 0 Å². The lowest BCUT2D eigenvalue weighted by molar-refractivity contribution is 0.728. The second-order valence-corrected chi connectivity index (χ2v) is 3.80. The summed E-state index contributed by atoms with van der Waals surface area (Å²) in [5.41, 5.74) is 3.97. The molecule has 82 valence electrons. The Morgan fingerprint density at radius 3 is 2.31 bits per heavy atom. The van der Waals surface area contributed by atoms with Gasteiger partial charge in [0.25, 0.3) is 0 Å². The molecule has 1 heteroatoms. The fourth-order valence-electron chi connectivity index (χ4n) is 1.83. The van der Waals surface area contributed by atoms with Gasteiger partial charge in [-0.15, -0.1) is 0 Å². The van der Waals surface area contributed by atoms with E-state index in [2.05, 4.69) is 66.8 Å². The number of rotatable bonds is 4. The third-order valence-electron chi connectivity index (χ3n) is 2.67. The van der Waals surface area contributed by atoms with Crippen molar-refractivity contribution in [2.24, 2.45) is 0 Å². The Morgan fingerprint density at radius 2 is 1.56 bits per heavy atom. The zero-order chi connectivity index (χ0) is 11.2. The van der Waals surface area contributed by atoms with Crippen molar-refractivity contribution in [3.05, 3.63) is 60.2 Å². The molecule has 0 radical (unpaired) electrons. The van der Waals surface area contributed by atoms with Gasteiger partial charge in [-0.05, 0) is 23.2 Å². The molecule has 0 saturated heterocycles. The SMILES string of the molecule is CCNCc1ccccc1-c1ccccc1. The molecule has 2 aromatic rings. The van der Waals surface area contributed by atoms with E-state index in [-0.39, 0.29) is 0 Å². The molecular weight excluding hydrogens is 194 g/mol. The molecule has 1 N–H and O–H groups in total. The first-order valence-corrected chi connectivity index (χ1v) is 5.76. The highest BCUT2D eigenvalue weighted by Gasteiger charge is 2.02. The third kappa shape index (κ3) is 2.50. The van der Waals surface area contributed by atoms with Gasteiger partial charge in [0.1, 0.15) is 0 Å². The Balaban J connectivity index is 2.33. The van der Waals surface area contributed by atoms with E-state index in [4.69, 9.17) is 0 Å². The predicted octanol–water partition coefficient (Wildman–Crippen LogP) is 3.46. The molecule has 2 aromatic carbocycles. The highest BCUT2D eigenvalue weighted by atomic mass is 14.8. The van der Waals surface area contributed by atoms with Gasteiger partial charge in [0.05, 0.1) is 0 Å². The maximum Gasteiger partial charge on any atom is 0.0211 e. The van der Waals surface area contributed by atoms with Gasteiger partial charge in [0, 0.05) is 6.54 Å². The van der Waals surface area contributed by atoms with Crippen LogP contribution in [0.15, 0.2) is 54.6 Å². The Morgan fingerprint density at radius 1 is 0.875 bits per heavy atom. The van der Waals surface area contributed by atoms with E-state index in [1.165, 1.54) is 16.7 Å². The summed E-state index contributed by atoms with van der Waals surface area (Å²) >= 11 is 0. The normalized spacial score (nSPS) is 10.3. The zero-order valence-electron chi connectivity index (χ0n) is 9.61. The van der Waals surface area contributed by atoms with Crippen LogP contribution < -0.4 is 5.32 Å². The number of hydrogen-bond acceptors (Lipinski definition) is 1. The van der Waals surface area contributed by atoms with E-state index in [9.17, 15) is 0 Å². The third-order valence-corrected chi connectivity index (χ3v) is 2.67. The van der Waals surface area contributed by atoms with E-state index in [1.54, 1.807) is 0 Å². The maximum atomic E-state index is 3.37. The second kappa shape index (κ2) is 5.47. The molecule has 0 amide bonds. The van der Waals surface area contributed by atoms with E-state index in [1.807, 2.05) is 0 Å². The van der Waals surface area contributed by atoms with Gasteiger partial charge < -0.3 is 5.32 Å². The largest absolute Gasteiger partial charge is 0.313 e. The standard InChI is InChI=1S/C15H17N/c1-2-16-12-14-10-6-7-11-15(14)13-8-4-3-5-9-13/h3-11,16H,2,12H2,1H3. The highest BCUT2D eigenvalue weighted by Crippen LogP contribution is 2.22. The van der Waals surface area contributed by atoms with Crippen molar-refractivity contribution in [1.82, 2.24) is 5.32 Å². The first-order valence-electron chi connectivity index (χ1n) is 5.76. The van der Waals surface area contributed by atoms with Crippen molar-refractivity contribution in [2.45, 2.75) is 13.5 Å². The van der Waals surface area contributed by atoms with E-state index < -0.39 is 0 Å². The Kier molecular flexibility index (Phi) is 3.73. The van der Waals surface area contributed by atoms with Crippen molar-refractivity contribution < 1.29 is 0 Å². The van der Waals surface area contributed by atoms with Crippen molar-refractivity contribution in [2.75, 3.05) is 6.54 Å². The molecular formula is C15H17N. The summed E-state index contributed by atoms with van der Waals surface area (Å²) < 4.78 is 0. The van der Waals surface area contributed by atoms with Gasteiger partial charge in [-0.3, -0.25) is 0 Å². The molecule has 0 spiro atoms. The van der Waals surface area contributed by atoms with Crippen LogP contribution in [0.4, 0.5) is 0 Å². The lowest BCUT2D eigenvalue weighted by Gasteiger charge is -2.09. The monoisotopic (exact) mass is 211 g/mol. The van der Waals surface area contributed by atoms with Crippen LogP contribution in [0.25, 0.3) is 11.1 Å². The van der Waals surface area contributed by atoms with E-state index >= 15 is 0 Å². The van der Waals surface area contributed by atoms with Crippen LogP contribution in [-0.2, 0) is 6.54 Å². The van der Waals surface area contributed by atoms with Crippen LogP contribution in [0.2, 0.25) is 0 Å². The van der Waals surface area contributed by atoms with Gasteiger partial charge in [-0.25, -0.2) is 0 Å². The summed E-state index contributed by atoms with van der Waals surface area (Å²) in [6.07, 6.45) is 0. The molecule has 0 saturated carbocycles. The molecule has 0 aliphatic heterocycles. The minimum atomic E-state index is 0.932. The Bertz CT molecular complexity index is 434. The number of hydrogen-bond donors (Lipinski definition) is 1. The quantitative estimate of drug-likeness (QED) is 0.816. The molecule has 0 aliphatic carbocycles. The van der Waals surface area contributed by atoms with E-state index in [0.29, 0.717) is 0 Å². The minimum Gasteiger partial charge on any atom is -0.313 e. The lowest BCUT2D eigenvalue weighted by atomic mass is 10.00. The summed E-state index contributed by atoms with van der Waals surface area (Å²) in [6, 6.07) is 19.1. The van der Waals surface area contributed by atoms with Crippen molar-refractivity contribution in [3.63, 3.8) is 0 Å². The minimum absolute atomic E-state index is 0.932. The molecule has 0 aromatic heterocycles. The number of nitrogens with one attached hydrogen (secondary N) is 1. The maximum absolute atomic E-state index is 3.37. The summed E-state index contributed by atoms with van der Waals surface area (Å²) in [5, 5.41) is 3.37. The molecule has 1 nitrogen and oxygen atoms in total. The van der Waals surface area contributed by atoms with Gasteiger partial charge in [-0.1, -0.05) is 61.5 Å². The van der Waals surface area contributed by atoms with Crippen LogP contribution in [0.1, 0.15) is 12.5 Å². The Labute approximate surface area is 97.1 Å². The van der Waals surface area contributed by atoms with Crippen LogP contribution >= 0.6 is 0 Å². The van der Waals surface area contributed by atoms with Crippen molar-refractivity contribution in [3.8, 4) is 11.1 Å². The average molecular weight is 211 g/mol. The predicted molar refractivity (Wildman–Crippen MR) is 69.3 cm³/mol. The summed E-state index contributed by atoms with van der Waals surface area (Å²) in [6.45, 7) is 4.07. The van der Waals surface area contributed by atoms with Gasteiger partial charge >= 0.3 is 0 Å². The van der Waals surface area contributed by atoms with Crippen LogP contribution in [-0.4, -0.2) is 6.54 Å². The lowest BCUT2D eigenvalue weighted by Crippen LogP contribution is -2.12. The fourth-order valence-corrected chi connectivity index (χ4v) is 1.83. The Hall–Kier alpha value is -1.60. The van der Waals surface area contributed by atoms with Crippen LogP contribution in [0, 0.1) is 0 Å². The summed E-state index contributed by atoms with van der Waals surface area (Å²) in [4.78, 5) is 0. The van der Waals surface area contributed by atoms with Gasteiger partial charge in [0.2, 0.25) is 0 Å². The molecule has 0 fully saturated rings. The smallest absolute Gasteiger partial charge is 0.0211 e. The topological polar surface area (TPSA) is 12.0 Å². The second-order valence-electron chi connectivity index (χ2n) is 3.80. The molecule has 2 rings (SSSR count). The summed E-state index contributed by atoms with van der Waals surface area (Å²) in [5.74, 6) is 0.